The molecule has 0 spiro atoms. The molecule has 2 heterocycles. The highest BCUT2D eigenvalue weighted by atomic mass is 127. The van der Waals surface area contributed by atoms with Crippen LogP contribution in [-0.4, -0.2) is 50.0 Å². The molecular weight excluding hydrogens is 475 g/mol. The summed E-state index contributed by atoms with van der Waals surface area (Å²) in [5.41, 5.74) is 0. The number of halogens is 1. The summed E-state index contributed by atoms with van der Waals surface area (Å²) in [6.45, 7) is 5.03. The van der Waals surface area contributed by atoms with Crippen molar-refractivity contribution >= 4 is 47.2 Å². The van der Waals surface area contributed by atoms with Crippen LogP contribution in [0.3, 0.4) is 0 Å². The van der Waals surface area contributed by atoms with Gasteiger partial charge in [-0.25, -0.2) is 4.99 Å². The third-order valence-corrected chi connectivity index (χ3v) is 4.82. The summed E-state index contributed by atoms with van der Waals surface area (Å²) in [4.78, 5) is 20.5. The van der Waals surface area contributed by atoms with Gasteiger partial charge in [-0.2, -0.15) is 0 Å². The number of likely N-dealkylation sites (N-methyl/N-ethyl adjacent to an activating group) is 1. The fourth-order valence-corrected chi connectivity index (χ4v) is 3.40. The summed E-state index contributed by atoms with van der Waals surface area (Å²) < 4.78 is 5.35. The number of nitrogens with one attached hydrogen (secondary N) is 2. The van der Waals surface area contributed by atoms with Gasteiger partial charge in [0.2, 0.25) is 5.91 Å². The summed E-state index contributed by atoms with van der Waals surface area (Å²) in [6, 6.07) is 8.33. The standard InChI is InChI=1S/C19H28N4O2S.HI/c1-14(12-17-8-7-15(2)26-17)22-19(21-13-18(24)23(3)4)20-10-9-16-6-5-11-25-16;/h5-8,11,14H,9-10,12-13H2,1-4H3,(H2,20,21,22);1H. The number of rotatable bonds is 8. The predicted molar refractivity (Wildman–Crippen MR) is 122 cm³/mol. The van der Waals surface area contributed by atoms with Crippen molar-refractivity contribution in [3.8, 4) is 0 Å². The Morgan fingerprint density at radius 1 is 1.33 bits per heavy atom. The molecule has 0 aliphatic heterocycles. The van der Waals surface area contributed by atoms with Gasteiger partial charge < -0.3 is 20.0 Å². The number of amides is 1. The average Bonchev–Trinajstić information content (AvgIpc) is 3.23. The first kappa shape index (κ1) is 23.5. The molecule has 6 nitrogen and oxygen atoms in total. The predicted octanol–water partition coefficient (Wildman–Crippen LogP) is 3.06. The van der Waals surface area contributed by atoms with Crippen LogP contribution in [0, 0.1) is 6.92 Å². The van der Waals surface area contributed by atoms with Crippen molar-refractivity contribution in [2.75, 3.05) is 27.2 Å². The fraction of sp³-hybridized carbons (Fsp3) is 0.474. The van der Waals surface area contributed by atoms with Crippen molar-refractivity contribution in [2.24, 2.45) is 4.99 Å². The van der Waals surface area contributed by atoms with Gasteiger partial charge in [-0.3, -0.25) is 4.79 Å². The van der Waals surface area contributed by atoms with Crippen LogP contribution in [0.4, 0.5) is 0 Å². The van der Waals surface area contributed by atoms with Gasteiger partial charge in [0.15, 0.2) is 5.96 Å². The van der Waals surface area contributed by atoms with E-state index in [0.717, 1.165) is 18.6 Å². The average molecular weight is 504 g/mol. The maximum Gasteiger partial charge on any atom is 0.243 e. The molecule has 8 heteroatoms. The maximum atomic E-state index is 11.8. The summed E-state index contributed by atoms with van der Waals surface area (Å²) in [5.74, 6) is 1.54. The minimum absolute atomic E-state index is 0. The molecule has 2 rings (SSSR count). The number of hydrogen-bond donors (Lipinski definition) is 2. The molecule has 150 valence electrons. The molecule has 1 unspecified atom stereocenters. The molecule has 1 amide bonds. The van der Waals surface area contributed by atoms with Crippen LogP contribution in [0.2, 0.25) is 0 Å². The van der Waals surface area contributed by atoms with Gasteiger partial charge in [0.1, 0.15) is 12.3 Å². The molecule has 0 fully saturated rings. The lowest BCUT2D eigenvalue weighted by molar-refractivity contribution is -0.127. The lowest BCUT2D eigenvalue weighted by atomic mass is 10.2. The van der Waals surface area contributed by atoms with Crippen LogP contribution in [0.25, 0.3) is 0 Å². The minimum atomic E-state index is -0.0290. The fourth-order valence-electron chi connectivity index (χ4n) is 2.38. The van der Waals surface area contributed by atoms with Gasteiger partial charge in [0.05, 0.1) is 6.26 Å². The number of thiophene rings is 1. The van der Waals surface area contributed by atoms with Gasteiger partial charge >= 0.3 is 0 Å². The van der Waals surface area contributed by atoms with Gasteiger partial charge in [0, 0.05) is 49.3 Å². The summed E-state index contributed by atoms with van der Waals surface area (Å²) in [5, 5.41) is 6.68. The second kappa shape index (κ2) is 12.0. The molecule has 0 aromatic carbocycles. The lowest BCUT2D eigenvalue weighted by Gasteiger charge is -2.18. The zero-order valence-electron chi connectivity index (χ0n) is 16.3. The van der Waals surface area contributed by atoms with E-state index in [1.807, 2.05) is 23.5 Å². The first-order chi connectivity index (χ1) is 12.4. The Hall–Kier alpha value is -1.55. The van der Waals surface area contributed by atoms with E-state index in [1.165, 1.54) is 9.75 Å². The van der Waals surface area contributed by atoms with Crippen LogP contribution in [-0.2, 0) is 17.6 Å². The maximum absolute atomic E-state index is 11.8. The molecule has 0 radical (unpaired) electrons. The van der Waals surface area contributed by atoms with Crippen molar-refractivity contribution in [2.45, 2.75) is 32.7 Å². The van der Waals surface area contributed by atoms with E-state index >= 15 is 0 Å². The number of hydrogen-bond acceptors (Lipinski definition) is 4. The lowest BCUT2D eigenvalue weighted by Crippen LogP contribution is -2.44. The van der Waals surface area contributed by atoms with E-state index in [-0.39, 0.29) is 42.5 Å². The van der Waals surface area contributed by atoms with E-state index in [1.54, 1.807) is 25.3 Å². The monoisotopic (exact) mass is 504 g/mol. The SMILES string of the molecule is Cc1ccc(CC(C)NC(=NCC(=O)N(C)C)NCCc2ccco2)s1.I. The zero-order chi connectivity index (χ0) is 18.9. The third kappa shape index (κ3) is 8.79. The number of aryl methyl sites for hydroxylation is 1. The molecule has 27 heavy (non-hydrogen) atoms. The van der Waals surface area contributed by atoms with Gasteiger partial charge in [-0.05, 0) is 38.1 Å². The topological polar surface area (TPSA) is 69.9 Å². The molecule has 0 aliphatic carbocycles. The highest BCUT2D eigenvalue weighted by molar-refractivity contribution is 14.0. The van der Waals surface area contributed by atoms with E-state index in [2.05, 4.69) is 41.6 Å². The van der Waals surface area contributed by atoms with E-state index in [4.69, 9.17) is 4.42 Å². The smallest absolute Gasteiger partial charge is 0.243 e. The van der Waals surface area contributed by atoms with E-state index < -0.39 is 0 Å². The largest absolute Gasteiger partial charge is 0.469 e. The minimum Gasteiger partial charge on any atom is -0.469 e. The number of carbonyl (C=O) groups is 1. The molecular formula is C19H29IN4O2S. The van der Waals surface area contributed by atoms with Gasteiger partial charge in [-0.15, -0.1) is 35.3 Å². The third-order valence-electron chi connectivity index (χ3n) is 3.80. The number of aliphatic imine (C=N–C) groups is 1. The second-order valence-corrected chi connectivity index (χ2v) is 7.84. The second-order valence-electron chi connectivity index (χ2n) is 6.47. The molecule has 0 aliphatic rings. The Morgan fingerprint density at radius 3 is 2.70 bits per heavy atom. The van der Waals surface area contributed by atoms with Crippen LogP contribution in [0.5, 0.6) is 0 Å². The quantitative estimate of drug-likeness (QED) is 0.330. The molecule has 0 saturated heterocycles. The van der Waals surface area contributed by atoms with Gasteiger partial charge in [0.25, 0.3) is 0 Å². The highest BCUT2D eigenvalue weighted by Gasteiger charge is 2.10. The summed E-state index contributed by atoms with van der Waals surface area (Å²) >= 11 is 1.81. The first-order valence-electron chi connectivity index (χ1n) is 8.76. The van der Waals surface area contributed by atoms with Crippen LogP contribution >= 0.6 is 35.3 Å². The zero-order valence-corrected chi connectivity index (χ0v) is 19.5. The normalized spacial score (nSPS) is 12.2. The molecule has 0 saturated carbocycles. The van der Waals surface area contributed by atoms with Crippen molar-refractivity contribution in [3.05, 3.63) is 46.0 Å². The van der Waals surface area contributed by atoms with Crippen molar-refractivity contribution in [3.63, 3.8) is 0 Å². The number of nitrogens with zero attached hydrogens (tertiary/aromatic N) is 2. The highest BCUT2D eigenvalue weighted by Crippen LogP contribution is 2.16. The van der Waals surface area contributed by atoms with Crippen molar-refractivity contribution in [1.29, 1.82) is 0 Å². The Labute approximate surface area is 182 Å². The van der Waals surface area contributed by atoms with Gasteiger partial charge in [-0.1, -0.05) is 0 Å². The molecule has 2 aromatic heterocycles. The van der Waals surface area contributed by atoms with Crippen molar-refractivity contribution < 1.29 is 9.21 Å². The van der Waals surface area contributed by atoms with Crippen LogP contribution in [0.1, 0.15) is 22.4 Å². The summed E-state index contributed by atoms with van der Waals surface area (Å²) in [6.07, 6.45) is 3.34. The van der Waals surface area contributed by atoms with Crippen molar-refractivity contribution in [1.82, 2.24) is 15.5 Å². The Balaban J connectivity index is 0.00000364. The Bertz CT molecular complexity index is 713. The molecule has 2 N–H and O–H groups in total. The van der Waals surface area contributed by atoms with E-state index in [9.17, 15) is 4.79 Å². The Morgan fingerprint density at radius 2 is 2.11 bits per heavy atom. The number of furan rings is 1. The number of carbonyl (C=O) groups excluding carboxylic acids is 1. The molecule has 1 atom stereocenters. The van der Waals surface area contributed by atoms with Crippen LogP contribution < -0.4 is 10.6 Å². The Kier molecular flexibility index (Phi) is 10.5. The molecule has 0 bridgehead atoms. The molecule has 2 aromatic rings. The first-order valence-corrected chi connectivity index (χ1v) is 9.58. The van der Waals surface area contributed by atoms with Crippen LogP contribution in [0.15, 0.2) is 39.9 Å². The summed E-state index contributed by atoms with van der Waals surface area (Å²) in [7, 11) is 3.47. The number of guanidine groups is 1. The van der Waals surface area contributed by atoms with E-state index in [0.29, 0.717) is 12.5 Å².